The smallest absolute Gasteiger partial charge is 0.367 e. The Bertz CT molecular complexity index is 1370. The summed E-state index contributed by atoms with van der Waals surface area (Å²) < 4.78 is 11.9. The van der Waals surface area contributed by atoms with Crippen LogP contribution >= 0.6 is 11.8 Å². The van der Waals surface area contributed by atoms with Gasteiger partial charge in [0.05, 0.1) is 4.92 Å². The molecule has 0 unspecified atom stereocenters. The van der Waals surface area contributed by atoms with Crippen LogP contribution in [0.3, 0.4) is 0 Å². The van der Waals surface area contributed by atoms with Crippen LogP contribution < -0.4 is 10.4 Å². The number of ether oxygens (including phenoxy) is 1. The van der Waals surface area contributed by atoms with Gasteiger partial charge in [-0.3, -0.25) is 24.6 Å². The highest BCUT2D eigenvalue weighted by molar-refractivity contribution is 8.13. The van der Waals surface area contributed by atoms with Crippen molar-refractivity contribution in [2.24, 2.45) is 0 Å². The lowest BCUT2D eigenvalue weighted by molar-refractivity contribution is -0.384. The summed E-state index contributed by atoms with van der Waals surface area (Å²) in [7, 11) is -2.93. The fourth-order valence-electron chi connectivity index (χ4n) is 5.23. The van der Waals surface area contributed by atoms with E-state index in [2.05, 4.69) is 20.8 Å². The Labute approximate surface area is 250 Å². The predicted molar refractivity (Wildman–Crippen MR) is 164 cm³/mol. The number of imide groups is 1. The number of nitrogens with zero attached hydrogens (tertiary/aromatic N) is 2. The lowest BCUT2D eigenvalue weighted by Crippen LogP contribution is -2.67. The molecule has 0 N–H and O–H groups in total. The molecule has 1 fully saturated rings. The van der Waals surface area contributed by atoms with Gasteiger partial charge < -0.3 is 9.16 Å². The first-order valence-electron chi connectivity index (χ1n) is 13.7. The SMILES string of the molecule is CC(C)(C)[Si](OCC(=O)N1C(=O)C[C@@H]1CCSC(=O)OCc1ccc([N+](=O)[O-])cc1)(c1ccccc1)c1ccccc1. The van der Waals surface area contributed by atoms with Crippen molar-refractivity contribution < 1.29 is 28.5 Å². The number of amides is 2. The number of non-ortho nitro benzene ring substituents is 1. The molecule has 1 aliphatic heterocycles. The molecule has 1 atom stereocenters. The van der Waals surface area contributed by atoms with E-state index in [1.54, 1.807) is 0 Å². The van der Waals surface area contributed by atoms with E-state index in [1.807, 2.05) is 60.7 Å². The second-order valence-corrected chi connectivity index (χ2v) is 16.4. The molecule has 9 nitrogen and oxygen atoms in total. The number of hydrogen-bond donors (Lipinski definition) is 0. The maximum Gasteiger partial charge on any atom is 0.367 e. The van der Waals surface area contributed by atoms with Crippen LogP contribution in [0.1, 0.15) is 39.2 Å². The second kappa shape index (κ2) is 13.4. The molecular weight excluding hydrogens is 573 g/mol. The Kier molecular flexibility index (Phi) is 9.97. The van der Waals surface area contributed by atoms with Gasteiger partial charge in [0.25, 0.3) is 19.9 Å². The molecule has 0 saturated carbocycles. The average Bonchev–Trinajstić information content (AvgIpc) is 2.96. The van der Waals surface area contributed by atoms with Gasteiger partial charge in [-0.25, -0.2) is 4.79 Å². The lowest BCUT2D eigenvalue weighted by atomic mass is 9.99. The van der Waals surface area contributed by atoms with E-state index in [-0.39, 0.29) is 48.2 Å². The van der Waals surface area contributed by atoms with Gasteiger partial charge in [-0.15, -0.1) is 0 Å². The first-order chi connectivity index (χ1) is 20.0. The molecule has 1 saturated heterocycles. The highest BCUT2D eigenvalue weighted by atomic mass is 32.2. The van der Waals surface area contributed by atoms with E-state index < -0.39 is 18.5 Å². The summed E-state index contributed by atoms with van der Waals surface area (Å²) in [4.78, 5) is 49.6. The summed E-state index contributed by atoms with van der Waals surface area (Å²) in [5.41, 5.74) is 0.599. The number of hydrogen-bond acceptors (Lipinski definition) is 8. The number of carbonyl (C=O) groups excluding carboxylic acids is 3. The normalized spacial score (nSPS) is 15.2. The predicted octanol–water partition coefficient (Wildman–Crippen LogP) is 5.06. The van der Waals surface area contributed by atoms with Crippen LogP contribution in [-0.2, 0) is 25.4 Å². The number of nitro groups is 1. The Hall–Kier alpha value is -3.80. The maximum absolute atomic E-state index is 13.4. The molecule has 220 valence electrons. The van der Waals surface area contributed by atoms with Crippen LogP contribution in [0.5, 0.6) is 0 Å². The van der Waals surface area contributed by atoms with Gasteiger partial charge in [-0.05, 0) is 51.3 Å². The monoisotopic (exact) mass is 606 g/mol. The molecule has 3 aromatic carbocycles. The molecule has 0 aliphatic carbocycles. The summed E-state index contributed by atoms with van der Waals surface area (Å²) in [5.74, 6) is -0.257. The molecular formula is C31H34N2O7SSi. The van der Waals surface area contributed by atoms with Crippen LogP contribution in [0.25, 0.3) is 0 Å². The minimum Gasteiger partial charge on any atom is -0.453 e. The van der Waals surface area contributed by atoms with Crippen molar-refractivity contribution in [3.63, 3.8) is 0 Å². The third-order valence-electron chi connectivity index (χ3n) is 7.32. The van der Waals surface area contributed by atoms with Crippen molar-refractivity contribution >= 4 is 53.3 Å². The van der Waals surface area contributed by atoms with Gasteiger partial charge in [0.1, 0.15) is 13.2 Å². The van der Waals surface area contributed by atoms with Gasteiger partial charge in [-0.2, -0.15) is 0 Å². The summed E-state index contributed by atoms with van der Waals surface area (Å²) in [6, 6.07) is 25.5. The Morgan fingerprint density at radius 1 is 0.976 bits per heavy atom. The number of rotatable bonds is 11. The van der Waals surface area contributed by atoms with Crippen molar-refractivity contribution in [2.75, 3.05) is 12.4 Å². The zero-order chi connectivity index (χ0) is 30.3. The molecule has 42 heavy (non-hydrogen) atoms. The molecule has 1 heterocycles. The number of benzene rings is 3. The number of β-lactam (4-membered cyclic amide) rings is 1. The summed E-state index contributed by atoms with van der Waals surface area (Å²) in [6.07, 6.45) is 0.692. The minimum absolute atomic E-state index is 0.00403. The first-order valence-corrected chi connectivity index (χ1v) is 16.5. The van der Waals surface area contributed by atoms with E-state index in [0.717, 1.165) is 22.1 Å². The summed E-state index contributed by atoms with van der Waals surface area (Å²) in [5, 5.41) is 12.1. The Balaban J connectivity index is 1.35. The topological polar surface area (TPSA) is 116 Å². The van der Waals surface area contributed by atoms with Crippen molar-refractivity contribution in [3.05, 3.63) is 101 Å². The fourth-order valence-corrected chi connectivity index (χ4v) is 10.4. The highest BCUT2D eigenvalue weighted by Crippen LogP contribution is 2.37. The number of nitro benzene ring substituents is 1. The zero-order valence-corrected chi connectivity index (χ0v) is 25.7. The minimum atomic E-state index is -2.93. The molecule has 0 radical (unpaired) electrons. The number of likely N-dealkylation sites (tertiary alicyclic amines) is 1. The Morgan fingerprint density at radius 2 is 1.55 bits per heavy atom. The van der Waals surface area contributed by atoms with Gasteiger partial charge in [0.2, 0.25) is 5.91 Å². The van der Waals surface area contributed by atoms with Gasteiger partial charge >= 0.3 is 5.30 Å². The second-order valence-electron chi connectivity index (χ2n) is 11.1. The molecule has 3 aromatic rings. The van der Waals surface area contributed by atoms with E-state index >= 15 is 0 Å². The van der Waals surface area contributed by atoms with Crippen molar-refractivity contribution in [1.82, 2.24) is 4.90 Å². The van der Waals surface area contributed by atoms with E-state index in [4.69, 9.17) is 9.16 Å². The zero-order valence-electron chi connectivity index (χ0n) is 23.9. The third kappa shape index (κ3) is 6.97. The summed E-state index contributed by atoms with van der Waals surface area (Å²) in [6.45, 7) is 6.15. The first kappa shape index (κ1) is 31.1. The van der Waals surface area contributed by atoms with Gasteiger partial charge in [0, 0.05) is 30.3 Å². The average molecular weight is 607 g/mol. The molecule has 1 aliphatic rings. The van der Waals surface area contributed by atoms with Crippen molar-refractivity contribution in [3.8, 4) is 0 Å². The van der Waals surface area contributed by atoms with E-state index in [1.165, 1.54) is 29.2 Å². The molecule has 2 amide bonds. The van der Waals surface area contributed by atoms with Crippen LogP contribution in [0.15, 0.2) is 84.9 Å². The fraction of sp³-hybridized carbons (Fsp3) is 0.323. The number of thioether (sulfide) groups is 1. The van der Waals surface area contributed by atoms with Crippen LogP contribution in [0.4, 0.5) is 10.5 Å². The van der Waals surface area contributed by atoms with Crippen LogP contribution in [0, 0.1) is 10.1 Å². The third-order valence-corrected chi connectivity index (χ3v) is 13.1. The van der Waals surface area contributed by atoms with Crippen LogP contribution in [0.2, 0.25) is 5.04 Å². The Morgan fingerprint density at radius 3 is 2.05 bits per heavy atom. The lowest BCUT2D eigenvalue weighted by Gasteiger charge is -2.44. The molecule has 0 spiro atoms. The largest absolute Gasteiger partial charge is 0.453 e. The molecule has 4 rings (SSSR count). The van der Waals surface area contributed by atoms with E-state index in [9.17, 15) is 24.5 Å². The van der Waals surface area contributed by atoms with Gasteiger partial charge in [-0.1, -0.05) is 81.4 Å². The van der Waals surface area contributed by atoms with E-state index in [0.29, 0.717) is 17.7 Å². The standard InChI is InChI=1S/C31H34N2O7SSi/c1-31(2,3)42(26-10-6-4-7-11-26,27-12-8-5-9-13-27)40-22-29(35)32-25(20-28(32)34)18-19-41-30(36)39-21-23-14-16-24(17-15-23)33(37)38/h4-17,25H,18-22H2,1-3H3/t25-/m0/s1. The van der Waals surface area contributed by atoms with Crippen molar-refractivity contribution in [2.45, 2.75) is 51.3 Å². The molecule has 0 aromatic heterocycles. The van der Waals surface area contributed by atoms with Gasteiger partial charge in [0.15, 0.2) is 0 Å². The maximum atomic E-state index is 13.4. The molecule has 0 bridgehead atoms. The van der Waals surface area contributed by atoms with Crippen molar-refractivity contribution in [1.29, 1.82) is 0 Å². The number of carbonyl (C=O) groups is 3. The highest BCUT2D eigenvalue weighted by Gasteiger charge is 2.51. The van der Waals surface area contributed by atoms with Crippen LogP contribution in [-0.4, -0.2) is 53.7 Å². The molecule has 11 heteroatoms. The quantitative estimate of drug-likeness (QED) is 0.0978. The summed E-state index contributed by atoms with van der Waals surface area (Å²) >= 11 is 0.969.